The van der Waals surface area contributed by atoms with Gasteiger partial charge in [-0.25, -0.2) is 8.78 Å². The summed E-state index contributed by atoms with van der Waals surface area (Å²) in [6.45, 7) is -0.636. The number of fused-ring (bicyclic) bond motifs is 1. The van der Waals surface area contributed by atoms with E-state index in [0.29, 0.717) is 24.3 Å². The van der Waals surface area contributed by atoms with Crippen LogP contribution in [0, 0.1) is 0 Å². The highest BCUT2D eigenvalue weighted by Gasteiger charge is 2.43. The van der Waals surface area contributed by atoms with E-state index in [2.05, 4.69) is 0 Å². The lowest BCUT2D eigenvalue weighted by atomic mass is 10.1. The van der Waals surface area contributed by atoms with E-state index in [4.69, 9.17) is 5.73 Å². The van der Waals surface area contributed by atoms with Gasteiger partial charge in [0.05, 0.1) is 6.54 Å². The van der Waals surface area contributed by atoms with Gasteiger partial charge in [0.1, 0.15) is 0 Å². The molecule has 17 heavy (non-hydrogen) atoms. The van der Waals surface area contributed by atoms with E-state index in [1.54, 1.807) is 18.2 Å². The lowest BCUT2D eigenvalue weighted by molar-refractivity contribution is -0.121. The van der Waals surface area contributed by atoms with E-state index in [1.165, 1.54) is 4.90 Å². The van der Waals surface area contributed by atoms with E-state index >= 15 is 0 Å². The van der Waals surface area contributed by atoms with E-state index in [-0.39, 0.29) is 0 Å². The van der Waals surface area contributed by atoms with Gasteiger partial charge in [0.25, 0.3) is 0 Å². The van der Waals surface area contributed by atoms with E-state index < -0.39 is 18.9 Å². The van der Waals surface area contributed by atoms with Crippen LogP contribution < -0.4 is 10.6 Å². The highest BCUT2D eigenvalue weighted by molar-refractivity contribution is 5.63. The predicted molar refractivity (Wildman–Crippen MR) is 57.7 cm³/mol. The summed E-state index contributed by atoms with van der Waals surface area (Å²) in [4.78, 5) is 1.28. The lowest BCUT2D eigenvalue weighted by Gasteiger charge is -2.25. The SMILES string of the molecule is Nc1ccc2c(c1)CCN2CC(F)(F)C(F)F. The van der Waals surface area contributed by atoms with Gasteiger partial charge in [-0.1, -0.05) is 0 Å². The Bertz CT molecular complexity index is 420. The minimum Gasteiger partial charge on any atom is -0.399 e. The second-order valence-electron chi connectivity index (χ2n) is 4.12. The third-order valence-corrected chi connectivity index (χ3v) is 2.82. The summed E-state index contributed by atoms with van der Waals surface area (Å²) in [5.41, 5.74) is 7.51. The zero-order chi connectivity index (χ0) is 12.6. The Hall–Kier alpha value is -1.46. The van der Waals surface area contributed by atoms with Gasteiger partial charge in [-0.15, -0.1) is 0 Å². The number of nitrogens with zero attached hydrogens (tertiary/aromatic N) is 1. The Balaban J connectivity index is 2.18. The number of hydrogen-bond donors (Lipinski definition) is 1. The molecule has 0 saturated heterocycles. The van der Waals surface area contributed by atoms with E-state index in [1.807, 2.05) is 0 Å². The number of anilines is 2. The molecule has 6 heteroatoms. The maximum absolute atomic E-state index is 13.0. The topological polar surface area (TPSA) is 29.3 Å². The number of rotatable bonds is 3. The Morgan fingerprint density at radius 3 is 2.71 bits per heavy atom. The van der Waals surface area contributed by atoms with Crippen LogP contribution in [-0.4, -0.2) is 25.4 Å². The summed E-state index contributed by atoms with van der Waals surface area (Å²) in [5, 5.41) is 0. The smallest absolute Gasteiger partial charge is 0.324 e. The van der Waals surface area contributed by atoms with Crippen LogP contribution >= 0.6 is 0 Å². The van der Waals surface area contributed by atoms with Crippen LogP contribution in [0.5, 0.6) is 0 Å². The molecule has 1 aliphatic heterocycles. The average Bonchev–Trinajstić information content (AvgIpc) is 2.60. The van der Waals surface area contributed by atoms with Crippen molar-refractivity contribution >= 4 is 11.4 Å². The minimum atomic E-state index is -3.98. The van der Waals surface area contributed by atoms with Crippen LogP contribution in [0.2, 0.25) is 0 Å². The van der Waals surface area contributed by atoms with Crippen molar-refractivity contribution in [1.82, 2.24) is 0 Å². The largest absolute Gasteiger partial charge is 0.399 e. The van der Waals surface area contributed by atoms with Crippen molar-refractivity contribution < 1.29 is 17.6 Å². The summed E-state index contributed by atoms with van der Waals surface area (Å²) < 4.78 is 50.1. The third-order valence-electron chi connectivity index (χ3n) is 2.82. The minimum absolute atomic E-state index is 0.321. The molecule has 0 fully saturated rings. The van der Waals surface area contributed by atoms with E-state index in [9.17, 15) is 17.6 Å². The van der Waals surface area contributed by atoms with Crippen LogP contribution in [0.4, 0.5) is 28.9 Å². The molecule has 1 heterocycles. The number of alkyl halides is 4. The maximum Gasteiger partial charge on any atom is 0.324 e. The number of benzene rings is 1. The zero-order valence-electron chi connectivity index (χ0n) is 8.97. The number of nitrogen functional groups attached to an aromatic ring is 1. The molecule has 0 spiro atoms. The summed E-state index contributed by atoms with van der Waals surface area (Å²) in [6.07, 6.45) is -3.08. The molecule has 0 radical (unpaired) electrons. The highest BCUT2D eigenvalue weighted by Crippen LogP contribution is 2.33. The van der Waals surface area contributed by atoms with Gasteiger partial charge in [0.2, 0.25) is 0 Å². The molecule has 0 unspecified atom stereocenters. The summed E-state index contributed by atoms with van der Waals surface area (Å²) in [5.74, 6) is -3.98. The fourth-order valence-corrected chi connectivity index (χ4v) is 1.98. The van der Waals surface area contributed by atoms with Gasteiger partial charge in [0, 0.05) is 17.9 Å². The van der Waals surface area contributed by atoms with Gasteiger partial charge in [-0.05, 0) is 30.2 Å². The van der Waals surface area contributed by atoms with Gasteiger partial charge < -0.3 is 10.6 Å². The van der Waals surface area contributed by atoms with Crippen LogP contribution in [0.1, 0.15) is 5.56 Å². The lowest BCUT2D eigenvalue weighted by Crippen LogP contribution is -2.41. The Kier molecular flexibility index (Phi) is 2.89. The molecule has 1 aliphatic rings. The van der Waals surface area contributed by atoms with Crippen molar-refractivity contribution in [2.24, 2.45) is 0 Å². The van der Waals surface area contributed by atoms with Crippen molar-refractivity contribution in [3.63, 3.8) is 0 Å². The Morgan fingerprint density at radius 2 is 2.06 bits per heavy atom. The second kappa shape index (κ2) is 4.09. The quantitative estimate of drug-likeness (QED) is 0.658. The molecule has 94 valence electrons. The molecule has 2 nitrogen and oxygen atoms in total. The van der Waals surface area contributed by atoms with Crippen molar-refractivity contribution in [3.05, 3.63) is 23.8 Å². The first-order chi connectivity index (χ1) is 7.90. The normalized spacial score (nSPS) is 15.5. The standard InChI is InChI=1S/C11H12F4N2/c12-10(13)11(14,15)6-17-4-3-7-5-8(16)1-2-9(7)17/h1-2,5,10H,3-4,6,16H2. The van der Waals surface area contributed by atoms with Crippen LogP contribution in [0.3, 0.4) is 0 Å². The first kappa shape index (κ1) is 12.0. The van der Waals surface area contributed by atoms with Gasteiger partial charge >= 0.3 is 12.3 Å². The fraction of sp³-hybridized carbons (Fsp3) is 0.455. The molecule has 1 aromatic rings. The molecule has 0 amide bonds. The van der Waals surface area contributed by atoms with Crippen molar-refractivity contribution in [2.75, 3.05) is 23.7 Å². The molecule has 0 aliphatic carbocycles. The van der Waals surface area contributed by atoms with Crippen LogP contribution in [-0.2, 0) is 6.42 Å². The summed E-state index contributed by atoms with van der Waals surface area (Å²) >= 11 is 0. The summed E-state index contributed by atoms with van der Waals surface area (Å²) in [7, 11) is 0. The molecular weight excluding hydrogens is 236 g/mol. The number of hydrogen-bond acceptors (Lipinski definition) is 2. The number of nitrogens with two attached hydrogens (primary N) is 1. The average molecular weight is 248 g/mol. The Morgan fingerprint density at radius 1 is 1.35 bits per heavy atom. The molecule has 0 saturated carbocycles. The molecule has 0 atom stereocenters. The van der Waals surface area contributed by atoms with E-state index in [0.717, 1.165) is 5.56 Å². The Labute approximate surface area is 96.0 Å². The van der Waals surface area contributed by atoms with Crippen LogP contribution in [0.15, 0.2) is 18.2 Å². The molecule has 0 bridgehead atoms. The third kappa shape index (κ3) is 2.30. The van der Waals surface area contributed by atoms with Gasteiger partial charge in [-0.2, -0.15) is 8.78 Å². The fourth-order valence-electron chi connectivity index (χ4n) is 1.98. The first-order valence-electron chi connectivity index (χ1n) is 5.19. The first-order valence-corrected chi connectivity index (χ1v) is 5.19. The van der Waals surface area contributed by atoms with Crippen LogP contribution in [0.25, 0.3) is 0 Å². The van der Waals surface area contributed by atoms with Gasteiger partial charge in [0.15, 0.2) is 0 Å². The maximum atomic E-state index is 13.0. The van der Waals surface area contributed by atoms with Crippen molar-refractivity contribution in [2.45, 2.75) is 18.8 Å². The molecule has 2 rings (SSSR count). The highest BCUT2D eigenvalue weighted by atomic mass is 19.3. The van der Waals surface area contributed by atoms with Gasteiger partial charge in [-0.3, -0.25) is 0 Å². The number of halogens is 4. The monoisotopic (exact) mass is 248 g/mol. The van der Waals surface area contributed by atoms with Crippen molar-refractivity contribution in [3.8, 4) is 0 Å². The molecule has 0 aromatic heterocycles. The molecule has 2 N–H and O–H groups in total. The molecular formula is C11H12F4N2. The molecule has 1 aromatic carbocycles. The zero-order valence-corrected chi connectivity index (χ0v) is 8.97. The predicted octanol–water partition coefficient (Wildman–Crippen LogP) is 2.53. The van der Waals surface area contributed by atoms with Crippen molar-refractivity contribution in [1.29, 1.82) is 0 Å². The second-order valence-corrected chi connectivity index (χ2v) is 4.12. The summed E-state index contributed by atoms with van der Waals surface area (Å²) in [6, 6.07) is 4.87.